The molecule has 2 N–H and O–H groups in total. The van der Waals surface area contributed by atoms with Crippen LogP contribution in [0.4, 0.5) is 5.69 Å². The van der Waals surface area contributed by atoms with Gasteiger partial charge < -0.3 is 15.2 Å². The number of rotatable bonds is 12. The maximum absolute atomic E-state index is 12.7. The third-order valence-electron chi connectivity index (χ3n) is 6.12. The second-order valence-corrected chi connectivity index (χ2v) is 9.15. The number of nitrogens with two attached hydrogens (primary N) is 1. The average Bonchev–Trinajstić information content (AvgIpc) is 2.79. The Morgan fingerprint density at radius 3 is 2.31 bits per heavy atom. The van der Waals surface area contributed by atoms with Crippen molar-refractivity contribution in [2.45, 2.75) is 65.5 Å². The first kappa shape index (κ1) is 26.6. The van der Waals surface area contributed by atoms with Crippen molar-refractivity contribution in [3.8, 4) is 0 Å². The van der Waals surface area contributed by atoms with E-state index in [1.165, 1.54) is 39.0 Å². The first-order valence-electron chi connectivity index (χ1n) is 11.7. The number of hydrogen-bond donors (Lipinski definition) is 1. The number of halogens is 1. The first-order chi connectivity index (χ1) is 15.3. The molecule has 0 aromatic heterocycles. The first-order valence-corrected chi connectivity index (χ1v) is 12.5. The molecule has 1 saturated carbocycles. The molecule has 0 saturated heterocycles. The summed E-state index contributed by atoms with van der Waals surface area (Å²) in [6.07, 6.45) is 6.33. The molecule has 1 aromatic carbocycles. The third-order valence-corrected chi connectivity index (χ3v) is 6.78. The summed E-state index contributed by atoms with van der Waals surface area (Å²) >= 11 is 3.51. The van der Waals surface area contributed by atoms with Gasteiger partial charge in [-0.15, -0.1) is 0 Å². The van der Waals surface area contributed by atoms with Crippen LogP contribution in [0.25, 0.3) is 0 Å². The standard InChI is InChI=1S/C24H38BrN3O4/c1-4-27(11-13-31-18(3)29)12-14-32-24(30)19-15-20(23(26)22(25)16-19)17-28(5-2)21-9-7-6-8-10-21/h15-16,21H,4-14,17,26H2,1-3H3. The number of nitrogen functional groups attached to an aromatic ring is 1. The molecule has 0 bridgehead atoms. The van der Waals surface area contributed by atoms with Crippen molar-refractivity contribution < 1.29 is 19.1 Å². The molecule has 1 aliphatic rings. The molecule has 32 heavy (non-hydrogen) atoms. The zero-order valence-electron chi connectivity index (χ0n) is 19.7. The van der Waals surface area contributed by atoms with E-state index in [1.807, 2.05) is 13.0 Å². The van der Waals surface area contributed by atoms with E-state index in [2.05, 4.69) is 32.7 Å². The SMILES string of the molecule is CCN(CCOC(C)=O)CCOC(=O)c1cc(Br)c(N)c(CN(CC)C2CCCCC2)c1. The highest BCUT2D eigenvalue weighted by molar-refractivity contribution is 9.10. The van der Waals surface area contributed by atoms with Gasteiger partial charge in [-0.05, 0) is 59.6 Å². The van der Waals surface area contributed by atoms with Crippen molar-refractivity contribution in [2.75, 3.05) is 45.1 Å². The summed E-state index contributed by atoms with van der Waals surface area (Å²) in [6.45, 7) is 9.85. The minimum atomic E-state index is -0.358. The van der Waals surface area contributed by atoms with Gasteiger partial charge in [0.15, 0.2) is 0 Å². The zero-order chi connectivity index (χ0) is 23.5. The molecule has 0 spiro atoms. The van der Waals surface area contributed by atoms with E-state index in [0.717, 1.165) is 29.7 Å². The number of esters is 2. The molecule has 0 aliphatic heterocycles. The number of nitrogens with zero attached hydrogens (tertiary/aromatic N) is 2. The second kappa shape index (κ2) is 13.8. The lowest BCUT2D eigenvalue weighted by Gasteiger charge is -2.34. The molecule has 1 fully saturated rings. The molecule has 0 radical (unpaired) electrons. The number of carbonyl (C=O) groups excluding carboxylic acids is 2. The summed E-state index contributed by atoms with van der Waals surface area (Å²) in [4.78, 5) is 28.1. The van der Waals surface area contributed by atoms with Gasteiger partial charge in [-0.3, -0.25) is 14.6 Å². The van der Waals surface area contributed by atoms with Crippen LogP contribution in [0.15, 0.2) is 16.6 Å². The summed E-state index contributed by atoms with van der Waals surface area (Å²) in [5.74, 6) is -0.647. The monoisotopic (exact) mass is 511 g/mol. The fourth-order valence-electron chi connectivity index (χ4n) is 4.18. The van der Waals surface area contributed by atoms with Crippen LogP contribution >= 0.6 is 15.9 Å². The molecule has 1 aliphatic carbocycles. The van der Waals surface area contributed by atoms with Crippen molar-refractivity contribution in [2.24, 2.45) is 0 Å². The number of likely N-dealkylation sites (N-methyl/N-ethyl adjacent to an activating group) is 1. The summed E-state index contributed by atoms with van der Waals surface area (Å²) in [6, 6.07) is 4.18. The van der Waals surface area contributed by atoms with Crippen LogP contribution < -0.4 is 5.73 Å². The predicted octanol–water partition coefficient (Wildman–Crippen LogP) is 4.23. The Bertz CT molecular complexity index is 753. The quantitative estimate of drug-likeness (QED) is 0.332. The number of anilines is 1. The van der Waals surface area contributed by atoms with Gasteiger partial charge in [0.2, 0.25) is 0 Å². The van der Waals surface area contributed by atoms with Crippen LogP contribution in [0.1, 0.15) is 68.8 Å². The van der Waals surface area contributed by atoms with Gasteiger partial charge in [0.25, 0.3) is 0 Å². The summed E-state index contributed by atoms with van der Waals surface area (Å²) in [5.41, 5.74) is 8.48. The highest BCUT2D eigenvalue weighted by atomic mass is 79.9. The zero-order valence-corrected chi connectivity index (χ0v) is 21.3. The van der Waals surface area contributed by atoms with E-state index in [0.29, 0.717) is 37.0 Å². The third kappa shape index (κ3) is 8.37. The van der Waals surface area contributed by atoms with Gasteiger partial charge in [-0.1, -0.05) is 33.1 Å². The van der Waals surface area contributed by atoms with E-state index < -0.39 is 0 Å². The van der Waals surface area contributed by atoms with Crippen LogP contribution in [0.3, 0.4) is 0 Å². The minimum absolute atomic E-state index is 0.271. The molecule has 0 amide bonds. The number of ether oxygens (including phenoxy) is 2. The van der Waals surface area contributed by atoms with Crippen LogP contribution in [0, 0.1) is 0 Å². The lowest BCUT2D eigenvalue weighted by molar-refractivity contribution is -0.141. The van der Waals surface area contributed by atoms with Crippen molar-refractivity contribution in [3.05, 3.63) is 27.7 Å². The lowest BCUT2D eigenvalue weighted by atomic mass is 9.93. The van der Waals surface area contributed by atoms with Crippen LogP contribution in [0.2, 0.25) is 0 Å². The Balaban J connectivity index is 1.96. The summed E-state index contributed by atoms with van der Waals surface area (Å²) < 4.78 is 11.2. The number of hydrogen-bond acceptors (Lipinski definition) is 7. The van der Waals surface area contributed by atoms with Gasteiger partial charge in [0.1, 0.15) is 13.2 Å². The maximum Gasteiger partial charge on any atom is 0.338 e. The van der Waals surface area contributed by atoms with Gasteiger partial charge in [-0.2, -0.15) is 0 Å². The molecule has 180 valence electrons. The topological polar surface area (TPSA) is 85.1 Å². The van der Waals surface area contributed by atoms with Crippen molar-refractivity contribution in [1.29, 1.82) is 0 Å². The lowest BCUT2D eigenvalue weighted by Crippen LogP contribution is -2.36. The molecule has 8 heteroatoms. The van der Waals surface area contributed by atoms with E-state index >= 15 is 0 Å². The van der Waals surface area contributed by atoms with Gasteiger partial charge in [0, 0.05) is 37.1 Å². The summed E-state index contributed by atoms with van der Waals surface area (Å²) in [5, 5.41) is 0. The molecule has 0 heterocycles. The molecular weight excluding hydrogens is 474 g/mol. The molecule has 0 unspecified atom stereocenters. The largest absolute Gasteiger partial charge is 0.465 e. The fourth-order valence-corrected chi connectivity index (χ4v) is 4.69. The molecule has 2 rings (SSSR count). The smallest absolute Gasteiger partial charge is 0.338 e. The Kier molecular flexibility index (Phi) is 11.5. The van der Waals surface area contributed by atoms with Gasteiger partial charge >= 0.3 is 11.9 Å². The van der Waals surface area contributed by atoms with Crippen molar-refractivity contribution >= 4 is 33.6 Å². The summed E-state index contributed by atoms with van der Waals surface area (Å²) in [7, 11) is 0. The van der Waals surface area contributed by atoms with E-state index in [4.69, 9.17) is 15.2 Å². The fraction of sp³-hybridized carbons (Fsp3) is 0.667. The van der Waals surface area contributed by atoms with Crippen LogP contribution in [0.5, 0.6) is 0 Å². The molecule has 1 aromatic rings. The van der Waals surface area contributed by atoms with Crippen LogP contribution in [-0.2, 0) is 20.8 Å². The predicted molar refractivity (Wildman–Crippen MR) is 131 cm³/mol. The molecule has 7 nitrogen and oxygen atoms in total. The Morgan fingerprint density at radius 2 is 1.72 bits per heavy atom. The Morgan fingerprint density at radius 1 is 1.06 bits per heavy atom. The van der Waals surface area contributed by atoms with Crippen LogP contribution in [-0.4, -0.2) is 67.2 Å². The molecule has 0 atom stereocenters. The van der Waals surface area contributed by atoms with E-state index in [-0.39, 0.29) is 18.5 Å². The number of carbonyl (C=O) groups is 2. The highest BCUT2D eigenvalue weighted by Crippen LogP contribution is 2.30. The minimum Gasteiger partial charge on any atom is -0.465 e. The average molecular weight is 512 g/mol. The van der Waals surface area contributed by atoms with Gasteiger partial charge in [0.05, 0.1) is 11.3 Å². The van der Waals surface area contributed by atoms with Gasteiger partial charge in [-0.25, -0.2) is 4.79 Å². The Labute approximate surface area is 200 Å². The maximum atomic E-state index is 12.7. The molecular formula is C24H38BrN3O4. The van der Waals surface area contributed by atoms with E-state index in [9.17, 15) is 9.59 Å². The Hall–Kier alpha value is -1.64. The normalized spacial score (nSPS) is 14.7. The van der Waals surface area contributed by atoms with Crippen molar-refractivity contribution in [3.63, 3.8) is 0 Å². The second-order valence-electron chi connectivity index (χ2n) is 8.30. The van der Waals surface area contributed by atoms with Crippen molar-refractivity contribution in [1.82, 2.24) is 9.80 Å². The number of benzene rings is 1. The van der Waals surface area contributed by atoms with E-state index in [1.54, 1.807) is 6.07 Å². The highest BCUT2D eigenvalue weighted by Gasteiger charge is 2.22.